The Morgan fingerprint density at radius 2 is 1.69 bits per heavy atom. The van der Waals surface area contributed by atoms with Crippen LogP contribution in [0.1, 0.15) is 36.0 Å². The predicted molar refractivity (Wildman–Crippen MR) is 96.6 cm³/mol. The Balaban J connectivity index is 1.60. The monoisotopic (exact) mass is 352 g/mol. The maximum absolute atomic E-state index is 12.2. The zero-order chi connectivity index (χ0) is 18.5. The first-order valence-corrected chi connectivity index (χ1v) is 8.31. The van der Waals surface area contributed by atoms with Gasteiger partial charge in [0.15, 0.2) is 12.4 Å². The van der Waals surface area contributed by atoms with E-state index in [4.69, 9.17) is 14.0 Å². The molecule has 0 spiro atoms. The van der Waals surface area contributed by atoms with E-state index in [2.05, 4.69) is 10.1 Å². The third kappa shape index (κ3) is 4.08. The number of carbonyl (C=O) groups is 1. The smallest absolute Gasteiger partial charge is 0.229 e. The van der Waals surface area contributed by atoms with E-state index in [9.17, 15) is 4.79 Å². The van der Waals surface area contributed by atoms with Crippen molar-refractivity contribution in [2.45, 2.75) is 19.8 Å². The molecule has 134 valence electrons. The summed E-state index contributed by atoms with van der Waals surface area (Å²) in [7, 11) is 1.59. The number of methoxy groups -OCH3 is 1. The standard InChI is InChI=1S/C20H20N2O4/c1-13(2)20-21-19(22-26-20)15-6-10-17(11-7-15)25-12-18(23)14-4-8-16(24-3)9-5-14/h4-11,13H,12H2,1-3H3. The lowest BCUT2D eigenvalue weighted by molar-refractivity contribution is 0.0921. The van der Waals surface area contributed by atoms with Gasteiger partial charge in [0.05, 0.1) is 7.11 Å². The number of nitrogens with zero attached hydrogens (tertiary/aromatic N) is 2. The lowest BCUT2D eigenvalue weighted by Gasteiger charge is -2.06. The molecule has 6 nitrogen and oxygen atoms in total. The van der Waals surface area contributed by atoms with E-state index in [0.29, 0.717) is 28.8 Å². The number of rotatable bonds is 7. The van der Waals surface area contributed by atoms with Gasteiger partial charge in [-0.2, -0.15) is 4.98 Å². The van der Waals surface area contributed by atoms with Crippen molar-refractivity contribution in [2.24, 2.45) is 0 Å². The van der Waals surface area contributed by atoms with Crippen LogP contribution in [-0.4, -0.2) is 29.6 Å². The van der Waals surface area contributed by atoms with Gasteiger partial charge in [0.25, 0.3) is 0 Å². The predicted octanol–water partition coefficient (Wildman–Crippen LogP) is 4.13. The van der Waals surface area contributed by atoms with Crippen LogP contribution in [0.5, 0.6) is 11.5 Å². The first kappa shape index (κ1) is 17.7. The molecule has 0 amide bonds. The molecule has 0 N–H and O–H groups in total. The minimum Gasteiger partial charge on any atom is -0.497 e. The second kappa shape index (κ2) is 7.82. The molecule has 1 heterocycles. The van der Waals surface area contributed by atoms with Crippen LogP contribution in [0.25, 0.3) is 11.4 Å². The molecule has 3 aromatic rings. The third-order valence-corrected chi connectivity index (χ3v) is 3.83. The van der Waals surface area contributed by atoms with Gasteiger partial charge in [-0.15, -0.1) is 0 Å². The molecule has 0 atom stereocenters. The normalized spacial score (nSPS) is 10.8. The summed E-state index contributed by atoms with van der Waals surface area (Å²) in [6.45, 7) is 3.95. The van der Waals surface area contributed by atoms with Gasteiger partial charge >= 0.3 is 0 Å². The van der Waals surface area contributed by atoms with E-state index in [1.807, 2.05) is 26.0 Å². The van der Waals surface area contributed by atoms with E-state index in [-0.39, 0.29) is 18.3 Å². The molecule has 0 bridgehead atoms. The Morgan fingerprint density at radius 1 is 1.04 bits per heavy atom. The molecule has 0 fully saturated rings. The highest BCUT2D eigenvalue weighted by atomic mass is 16.5. The van der Waals surface area contributed by atoms with Crippen molar-refractivity contribution in [3.63, 3.8) is 0 Å². The highest BCUT2D eigenvalue weighted by Gasteiger charge is 2.12. The first-order chi connectivity index (χ1) is 12.6. The fraction of sp³-hybridized carbons (Fsp3) is 0.250. The minimum atomic E-state index is -0.100. The highest BCUT2D eigenvalue weighted by molar-refractivity contribution is 5.97. The van der Waals surface area contributed by atoms with Gasteiger partial charge < -0.3 is 14.0 Å². The lowest BCUT2D eigenvalue weighted by Crippen LogP contribution is -2.11. The van der Waals surface area contributed by atoms with E-state index < -0.39 is 0 Å². The third-order valence-electron chi connectivity index (χ3n) is 3.83. The van der Waals surface area contributed by atoms with Crippen LogP contribution in [0.2, 0.25) is 0 Å². The Bertz CT molecular complexity index is 868. The molecule has 3 rings (SSSR count). The average Bonchev–Trinajstić information content (AvgIpc) is 3.17. The zero-order valence-corrected chi connectivity index (χ0v) is 14.9. The van der Waals surface area contributed by atoms with Crippen LogP contribution in [0.15, 0.2) is 53.1 Å². The Kier molecular flexibility index (Phi) is 5.31. The molecule has 0 aliphatic heterocycles. The van der Waals surface area contributed by atoms with Gasteiger partial charge in [0, 0.05) is 17.0 Å². The van der Waals surface area contributed by atoms with Crippen LogP contribution >= 0.6 is 0 Å². The second-order valence-corrected chi connectivity index (χ2v) is 6.08. The maximum Gasteiger partial charge on any atom is 0.229 e. The quantitative estimate of drug-likeness (QED) is 0.595. The van der Waals surface area contributed by atoms with Crippen LogP contribution in [0.3, 0.4) is 0 Å². The fourth-order valence-electron chi connectivity index (χ4n) is 2.30. The minimum absolute atomic E-state index is 0.0363. The number of hydrogen-bond acceptors (Lipinski definition) is 6. The summed E-state index contributed by atoms with van der Waals surface area (Å²) in [4.78, 5) is 16.5. The summed E-state index contributed by atoms with van der Waals surface area (Å²) in [6.07, 6.45) is 0. The van der Waals surface area contributed by atoms with Crippen molar-refractivity contribution in [3.05, 3.63) is 60.0 Å². The van der Waals surface area contributed by atoms with Gasteiger partial charge in [-0.25, -0.2) is 0 Å². The number of aromatic nitrogens is 2. The average molecular weight is 352 g/mol. The zero-order valence-electron chi connectivity index (χ0n) is 14.9. The van der Waals surface area contributed by atoms with Crippen molar-refractivity contribution < 1.29 is 18.8 Å². The van der Waals surface area contributed by atoms with E-state index in [0.717, 1.165) is 5.56 Å². The van der Waals surface area contributed by atoms with E-state index >= 15 is 0 Å². The van der Waals surface area contributed by atoms with Crippen molar-refractivity contribution >= 4 is 5.78 Å². The van der Waals surface area contributed by atoms with Crippen molar-refractivity contribution in [2.75, 3.05) is 13.7 Å². The molecule has 0 aliphatic rings. The largest absolute Gasteiger partial charge is 0.497 e. The second-order valence-electron chi connectivity index (χ2n) is 6.08. The Labute approximate surface area is 151 Å². The number of ether oxygens (including phenoxy) is 2. The molecule has 0 radical (unpaired) electrons. The summed E-state index contributed by atoms with van der Waals surface area (Å²) in [5.74, 6) is 2.53. The number of Topliss-reactive ketones (excluding diaryl/α,β-unsaturated/α-hetero) is 1. The summed E-state index contributed by atoms with van der Waals surface area (Å²) < 4.78 is 15.9. The maximum atomic E-state index is 12.2. The molecule has 6 heteroatoms. The molecule has 26 heavy (non-hydrogen) atoms. The number of benzene rings is 2. The Hall–Kier alpha value is -3.15. The molecular formula is C20H20N2O4. The summed E-state index contributed by atoms with van der Waals surface area (Å²) in [5.41, 5.74) is 1.41. The van der Waals surface area contributed by atoms with Gasteiger partial charge in [0.1, 0.15) is 11.5 Å². The highest BCUT2D eigenvalue weighted by Crippen LogP contribution is 2.22. The van der Waals surface area contributed by atoms with Crippen LogP contribution in [-0.2, 0) is 0 Å². The first-order valence-electron chi connectivity index (χ1n) is 8.31. The van der Waals surface area contributed by atoms with Gasteiger partial charge in [-0.3, -0.25) is 4.79 Å². The topological polar surface area (TPSA) is 74.5 Å². The number of carbonyl (C=O) groups excluding carboxylic acids is 1. The van der Waals surface area contributed by atoms with Crippen molar-refractivity contribution in [3.8, 4) is 22.9 Å². The van der Waals surface area contributed by atoms with Gasteiger partial charge in [-0.05, 0) is 48.5 Å². The van der Waals surface area contributed by atoms with E-state index in [1.54, 1.807) is 43.5 Å². The number of hydrogen-bond donors (Lipinski definition) is 0. The van der Waals surface area contributed by atoms with Crippen LogP contribution in [0.4, 0.5) is 0 Å². The lowest BCUT2D eigenvalue weighted by atomic mass is 10.1. The van der Waals surface area contributed by atoms with Gasteiger partial charge in [-0.1, -0.05) is 19.0 Å². The van der Waals surface area contributed by atoms with Crippen LogP contribution in [0, 0.1) is 0 Å². The van der Waals surface area contributed by atoms with Crippen molar-refractivity contribution in [1.82, 2.24) is 10.1 Å². The van der Waals surface area contributed by atoms with Gasteiger partial charge in [0.2, 0.25) is 11.7 Å². The summed E-state index contributed by atoms with van der Waals surface area (Å²) >= 11 is 0. The Morgan fingerprint density at radius 3 is 2.27 bits per heavy atom. The molecule has 2 aromatic carbocycles. The van der Waals surface area contributed by atoms with Crippen LogP contribution < -0.4 is 9.47 Å². The fourth-order valence-corrected chi connectivity index (χ4v) is 2.30. The molecule has 0 saturated carbocycles. The summed E-state index contributed by atoms with van der Waals surface area (Å²) in [6, 6.07) is 14.2. The molecule has 0 saturated heterocycles. The summed E-state index contributed by atoms with van der Waals surface area (Å²) in [5, 5.41) is 3.97. The van der Waals surface area contributed by atoms with Crippen molar-refractivity contribution in [1.29, 1.82) is 0 Å². The molecule has 0 unspecified atom stereocenters. The SMILES string of the molecule is COc1ccc(C(=O)COc2ccc(-c3noc(C(C)C)n3)cc2)cc1. The molecular weight excluding hydrogens is 332 g/mol. The molecule has 0 aliphatic carbocycles. The van der Waals surface area contributed by atoms with E-state index in [1.165, 1.54) is 0 Å². The molecule has 1 aromatic heterocycles. The number of ketones is 1.